The van der Waals surface area contributed by atoms with Crippen LogP contribution in [0.15, 0.2) is 21.9 Å². The topological polar surface area (TPSA) is 114 Å². The van der Waals surface area contributed by atoms with Gasteiger partial charge in [0.1, 0.15) is 18.3 Å². The number of nitrogens with one attached hydrogen (secondary N) is 1. The van der Waals surface area contributed by atoms with Crippen LogP contribution in [0.1, 0.15) is 19.6 Å². The molecule has 2 rings (SSSR count). The van der Waals surface area contributed by atoms with Gasteiger partial charge >= 0.3 is 5.69 Å². The number of ether oxygens (including phenoxy) is 2. The summed E-state index contributed by atoms with van der Waals surface area (Å²) in [6.07, 6.45) is -2.15. The van der Waals surface area contributed by atoms with Gasteiger partial charge in [-0.3, -0.25) is 14.3 Å². The third-order valence-electron chi connectivity index (χ3n) is 3.09. The Balaban J connectivity index is 2.13. The number of aromatic nitrogens is 2. The molecule has 2 heterocycles. The van der Waals surface area contributed by atoms with Crippen molar-refractivity contribution >= 4 is 0 Å². The zero-order chi connectivity index (χ0) is 14.7. The van der Waals surface area contributed by atoms with E-state index in [4.69, 9.17) is 9.47 Å². The molecular formula is C12H18N2O6. The lowest BCUT2D eigenvalue weighted by Gasteiger charge is -2.16. The Bertz CT molecular complexity index is 553. The second kappa shape index (κ2) is 6.31. The molecule has 0 radical (unpaired) electrons. The summed E-state index contributed by atoms with van der Waals surface area (Å²) in [5, 5.41) is 19.8. The third-order valence-corrected chi connectivity index (χ3v) is 3.09. The van der Waals surface area contributed by atoms with Crippen LogP contribution in [-0.4, -0.2) is 51.3 Å². The zero-order valence-electron chi connectivity index (χ0n) is 11.1. The first-order valence-corrected chi connectivity index (χ1v) is 6.45. The number of aromatic amines is 1. The Morgan fingerprint density at radius 2 is 2.15 bits per heavy atom. The van der Waals surface area contributed by atoms with E-state index in [1.54, 1.807) is 0 Å². The van der Waals surface area contributed by atoms with Crippen molar-refractivity contribution < 1.29 is 19.7 Å². The molecule has 0 spiro atoms. The molecule has 0 bridgehead atoms. The molecule has 1 aromatic heterocycles. The number of aliphatic hydroxyl groups is 2. The number of hydrogen-bond acceptors (Lipinski definition) is 6. The van der Waals surface area contributed by atoms with Crippen LogP contribution in [0.5, 0.6) is 0 Å². The maximum Gasteiger partial charge on any atom is 0.330 e. The molecule has 3 N–H and O–H groups in total. The maximum atomic E-state index is 11.6. The van der Waals surface area contributed by atoms with E-state index in [1.165, 1.54) is 6.20 Å². The van der Waals surface area contributed by atoms with Crippen molar-refractivity contribution in [3.63, 3.8) is 0 Å². The van der Waals surface area contributed by atoms with Gasteiger partial charge in [-0.15, -0.1) is 0 Å². The molecular weight excluding hydrogens is 268 g/mol. The molecule has 1 aliphatic rings. The Morgan fingerprint density at radius 1 is 1.40 bits per heavy atom. The number of hydrogen-bond donors (Lipinski definition) is 3. The number of aliphatic hydroxyl groups excluding tert-OH is 2. The molecule has 4 atom stereocenters. The van der Waals surface area contributed by atoms with Crippen LogP contribution in [0.4, 0.5) is 0 Å². The average Bonchev–Trinajstić information content (AvgIpc) is 2.68. The number of nitrogens with zero attached hydrogens (tertiary/aromatic N) is 1. The predicted octanol–water partition coefficient (Wildman–Crippen LogP) is -1.42. The summed E-state index contributed by atoms with van der Waals surface area (Å²) in [7, 11) is 0. The summed E-state index contributed by atoms with van der Waals surface area (Å²) in [6.45, 7) is 2.59. The van der Waals surface area contributed by atoms with Crippen LogP contribution in [0.3, 0.4) is 0 Å². The van der Waals surface area contributed by atoms with Crippen LogP contribution >= 0.6 is 0 Å². The van der Waals surface area contributed by atoms with Crippen molar-refractivity contribution in [1.82, 2.24) is 9.55 Å². The standard InChI is InChI=1S/C12H18N2O6/c1-2-5-19-6-7-9(16)10(17)11(20-7)14-4-3-8(15)13-12(14)18/h3-4,7,9-11,16-17H,2,5-6H2,1H3,(H,13,15,18)/t7-,9?,10+,11-/m1/s1. The van der Waals surface area contributed by atoms with Gasteiger partial charge in [0.15, 0.2) is 6.23 Å². The minimum Gasteiger partial charge on any atom is -0.387 e. The van der Waals surface area contributed by atoms with E-state index in [2.05, 4.69) is 4.98 Å². The largest absolute Gasteiger partial charge is 0.387 e. The highest BCUT2D eigenvalue weighted by Gasteiger charge is 2.44. The van der Waals surface area contributed by atoms with E-state index < -0.39 is 35.8 Å². The van der Waals surface area contributed by atoms with Gasteiger partial charge in [0.2, 0.25) is 0 Å². The van der Waals surface area contributed by atoms with E-state index in [0.29, 0.717) is 6.61 Å². The second-order valence-corrected chi connectivity index (χ2v) is 4.64. The second-order valence-electron chi connectivity index (χ2n) is 4.64. The minimum absolute atomic E-state index is 0.126. The van der Waals surface area contributed by atoms with E-state index in [0.717, 1.165) is 17.1 Å². The number of H-pyrrole nitrogens is 1. The fourth-order valence-electron chi connectivity index (χ4n) is 2.07. The SMILES string of the molecule is CCCOC[C@H]1O[C@@H](n2ccc(=O)[nH]c2=O)[C@@H](O)C1O. The molecule has 20 heavy (non-hydrogen) atoms. The first-order valence-electron chi connectivity index (χ1n) is 6.45. The summed E-state index contributed by atoms with van der Waals surface area (Å²) >= 11 is 0. The lowest BCUT2D eigenvalue weighted by atomic mass is 10.1. The zero-order valence-corrected chi connectivity index (χ0v) is 11.1. The first-order chi connectivity index (χ1) is 9.54. The van der Waals surface area contributed by atoms with Crippen LogP contribution < -0.4 is 11.2 Å². The summed E-state index contributed by atoms with van der Waals surface area (Å²) in [5.74, 6) is 0. The molecule has 1 fully saturated rings. The average molecular weight is 286 g/mol. The monoisotopic (exact) mass is 286 g/mol. The Morgan fingerprint density at radius 3 is 2.80 bits per heavy atom. The van der Waals surface area contributed by atoms with E-state index in [9.17, 15) is 19.8 Å². The van der Waals surface area contributed by atoms with Gasteiger partial charge in [-0.2, -0.15) is 0 Å². The minimum atomic E-state index is -1.27. The highest BCUT2D eigenvalue weighted by molar-refractivity contribution is 4.93. The Kier molecular flexibility index (Phi) is 4.71. The van der Waals surface area contributed by atoms with Gasteiger partial charge in [-0.1, -0.05) is 6.92 Å². The normalized spacial score (nSPS) is 29.8. The van der Waals surface area contributed by atoms with Gasteiger partial charge < -0.3 is 19.7 Å². The molecule has 0 saturated carbocycles. The van der Waals surface area contributed by atoms with Crippen molar-refractivity contribution in [3.8, 4) is 0 Å². The highest BCUT2D eigenvalue weighted by atomic mass is 16.6. The molecule has 0 amide bonds. The molecule has 8 heteroatoms. The summed E-state index contributed by atoms with van der Waals surface area (Å²) in [5.41, 5.74) is -1.24. The summed E-state index contributed by atoms with van der Waals surface area (Å²) in [4.78, 5) is 24.7. The quantitative estimate of drug-likeness (QED) is 0.573. The fourth-order valence-corrected chi connectivity index (χ4v) is 2.07. The van der Waals surface area contributed by atoms with Gasteiger partial charge in [0, 0.05) is 18.9 Å². The summed E-state index contributed by atoms with van der Waals surface area (Å²) < 4.78 is 11.8. The molecule has 8 nitrogen and oxygen atoms in total. The first kappa shape index (κ1) is 14.9. The lowest BCUT2D eigenvalue weighted by molar-refractivity contribution is -0.0682. The Hall–Kier alpha value is -1.48. The van der Waals surface area contributed by atoms with Crippen molar-refractivity contribution in [2.75, 3.05) is 13.2 Å². The van der Waals surface area contributed by atoms with Gasteiger partial charge in [0.25, 0.3) is 5.56 Å². The van der Waals surface area contributed by atoms with E-state index >= 15 is 0 Å². The maximum absolute atomic E-state index is 11.6. The molecule has 1 saturated heterocycles. The van der Waals surface area contributed by atoms with Gasteiger partial charge in [0.05, 0.1) is 6.61 Å². The molecule has 0 aliphatic carbocycles. The molecule has 0 aromatic carbocycles. The molecule has 1 unspecified atom stereocenters. The molecule has 1 aromatic rings. The van der Waals surface area contributed by atoms with Crippen molar-refractivity contribution in [3.05, 3.63) is 33.1 Å². The third kappa shape index (κ3) is 2.98. The highest BCUT2D eigenvalue weighted by Crippen LogP contribution is 2.28. The van der Waals surface area contributed by atoms with Crippen molar-refractivity contribution in [1.29, 1.82) is 0 Å². The van der Waals surface area contributed by atoms with Crippen LogP contribution in [0, 0.1) is 0 Å². The predicted molar refractivity (Wildman–Crippen MR) is 68.4 cm³/mol. The lowest BCUT2D eigenvalue weighted by Crippen LogP contribution is -2.37. The van der Waals surface area contributed by atoms with Gasteiger partial charge in [-0.05, 0) is 6.42 Å². The van der Waals surface area contributed by atoms with E-state index in [1.807, 2.05) is 6.92 Å². The van der Waals surface area contributed by atoms with Crippen LogP contribution in [0.2, 0.25) is 0 Å². The fraction of sp³-hybridized carbons (Fsp3) is 0.667. The summed E-state index contributed by atoms with van der Waals surface area (Å²) in [6, 6.07) is 1.14. The molecule has 1 aliphatic heterocycles. The Labute approximate surface area is 114 Å². The van der Waals surface area contributed by atoms with Crippen LogP contribution in [0.25, 0.3) is 0 Å². The van der Waals surface area contributed by atoms with Gasteiger partial charge in [-0.25, -0.2) is 4.79 Å². The van der Waals surface area contributed by atoms with Crippen molar-refractivity contribution in [2.24, 2.45) is 0 Å². The van der Waals surface area contributed by atoms with Crippen molar-refractivity contribution in [2.45, 2.75) is 37.9 Å². The van der Waals surface area contributed by atoms with E-state index in [-0.39, 0.29) is 6.61 Å². The molecule has 112 valence electrons. The van der Waals surface area contributed by atoms with Crippen LogP contribution in [-0.2, 0) is 9.47 Å². The number of rotatable bonds is 5. The smallest absolute Gasteiger partial charge is 0.330 e.